The van der Waals surface area contributed by atoms with Crippen molar-refractivity contribution in [1.82, 2.24) is 4.90 Å². The van der Waals surface area contributed by atoms with Crippen LogP contribution < -0.4 is 0 Å². The van der Waals surface area contributed by atoms with E-state index in [0.29, 0.717) is 11.6 Å². The molecule has 1 aromatic carbocycles. The Kier molecular flexibility index (Phi) is 6.25. The van der Waals surface area contributed by atoms with Crippen molar-refractivity contribution < 1.29 is 14.7 Å². The lowest BCUT2D eigenvalue weighted by molar-refractivity contribution is -0.138. The summed E-state index contributed by atoms with van der Waals surface area (Å²) in [5.41, 5.74) is 1.79. The first-order valence-corrected chi connectivity index (χ1v) is 6.66. The van der Waals surface area contributed by atoms with Crippen LogP contribution in [0.15, 0.2) is 35.9 Å². The molecule has 20 heavy (non-hydrogen) atoms. The Morgan fingerprint density at radius 1 is 1.25 bits per heavy atom. The maximum Gasteiger partial charge on any atom is 0.305 e. The molecular formula is C15H18ClNO3. The van der Waals surface area contributed by atoms with Crippen LogP contribution in [0.5, 0.6) is 0 Å². The van der Waals surface area contributed by atoms with E-state index in [2.05, 4.69) is 0 Å². The zero-order valence-electron chi connectivity index (χ0n) is 11.6. The molecule has 0 aliphatic heterocycles. The monoisotopic (exact) mass is 295 g/mol. The van der Waals surface area contributed by atoms with Crippen LogP contribution in [0.1, 0.15) is 25.8 Å². The van der Waals surface area contributed by atoms with Crippen LogP contribution in [-0.2, 0) is 16.1 Å². The summed E-state index contributed by atoms with van der Waals surface area (Å²) in [7, 11) is 0. The van der Waals surface area contributed by atoms with Crippen LogP contribution in [0.25, 0.3) is 0 Å². The van der Waals surface area contributed by atoms with Crippen LogP contribution in [-0.4, -0.2) is 28.4 Å². The molecule has 0 unspecified atom stereocenters. The molecule has 5 heteroatoms. The van der Waals surface area contributed by atoms with Gasteiger partial charge in [0.2, 0.25) is 5.91 Å². The summed E-state index contributed by atoms with van der Waals surface area (Å²) < 4.78 is 0. The minimum absolute atomic E-state index is 0.0735. The van der Waals surface area contributed by atoms with Crippen molar-refractivity contribution >= 4 is 23.5 Å². The standard InChI is InChI=1S/C15H18ClNO3/c1-11(2)9-14(18)17(8-7-15(19)20)10-12-3-5-13(16)6-4-12/h3-6,9H,7-8,10H2,1-2H3,(H,19,20). The molecule has 1 aromatic rings. The quantitative estimate of drug-likeness (QED) is 0.820. The van der Waals surface area contributed by atoms with Crippen LogP contribution in [0, 0.1) is 0 Å². The lowest BCUT2D eigenvalue weighted by Crippen LogP contribution is -2.31. The highest BCUT2D eigenvalue weighted by atomic mass is 35.5. The van der Waals surface area contributed by atoms with Gasteiger partial charge in [0.15, 0.2) is 0 Å². The molecule has 0 aromatic heterocycles. The van der Waals surface area contributed by atoms with Crippen molar-refractivity contribution in [3.63, 3.8) is 0 Å². The average Bonchev–Trinajstić information content (AvgIpc) is 2.35. The molecule has 1 rings (SSSR count). The second-order valence-electron chi connectivity index (χ2n) is 4.75. The lowest BCUT2D eigenvalue weighted by Gasteiger charge is -2.21. The number of carbonyl (C=O) groups is 2. The van der Waals surface area contributed by atoms with Gasteiger partial charge in [0.25, 0.3) is 0 Å². The van der Waals surface area contributed by atoms with Crippen LogP contribution >= 0.6 is 11.6 Å². The molecule has 0 aliphatic rings. The molecule has 0 radical (unpaired) electrons. The maximum absolute atomic E-state index is 12.1. The Bertz CT molecular complexity index is 504. The van der Waals surface area contributed by atoms with Gasteiger partial charge in [-0.2, -0.15) is 0 Å². The second-order valence-corrected chi connectivity index (χ2v) is 5.19. The number of hydrogen-bond donors (Lipinski definition) is 1. The third-order valence-electron chi connectivity index (χ3n) is 2.61. The molecule has 1 N–H and O–H groups in total. The van der Waals surface area contributed by atoms with Gasteiger partial charge in [0, 0.05) is 24.2 Å². The van der Waals surface area contributed by atoms with E-state index < -0.39 is 5.97 Å². The number of amides is 1. The van der Waals surface area contributed by atoms with E-state index in [9.17, 15) is 9.59 Å². The Balaban J connectivity index is 2.81. The number of rotatable bonds is 6. The van der Waals surface area contributed by atoms with Crippen molar-refractivity contribution in [1.29, 1.82) is 0 Å². The zero-order chi connectivity index (χ0) is 15.1. The summed E-state index contributed by atoms with van der Waals surface area (Å²) in [6.07, 6.45) is 1.44. The summed E-state index contributed by atoms with van der Waals surface area (Å²) in [5, 5.41) is 9.38. The SMILES string of the molecule is CC(C)=CC(=O)N(CCC(=O)O)Cc1ccc(Cl)cc1. The molecule has 0 spiro atoms. The predicted octanol–water partition coefficient (Wildman–Crippen LogP) is 3.11. The largest absolute Gasteiger partial charge is 0.481 e. The fraction of sp³-hybridized carbons (Fsp3) is 0.333. The smallest absolute Gasteiger partial charge is 0.305 e. The van der Waals surface area contributed by atoms with Crippen molar-refractivity contribution in [3.8, 4) is 0 Å². The minimum atomic E-state index is -0.920. The number of hydrogen-bond acceptors (Lipinski definition) is 2. The van der Waals surface area contributed by atoms with Gasteiger partial charge < -0.3 is 10.0 Å². The Labute approximate surface area is 123 Å². The number of allylic oxidation sites excluding steroid dienone is 1. The van der Waals surface area contributed by atoms with E-state index in [4.69, 9.17) is 16.7 Å². The normalized spacial score (nSPS) is 9.95. The van der Waals surface area contributed by atoms with Gasteiger partial charge in [-0.1, -0.05) is 29.3 Å². The number of aliphatic carboxylic acids is 1. The van der Waals surface area contributed by atoms with Crippen LogP contribution in [0.4, 0.5) is 0 Å². The Morgan fingerprint density at radius 3 is 2.35 bits per heavy atom. The summed E-state index contributed by atoms with van der Waals surface area (Å²) in [6.45, 7) is 4.21. The lowest BCUT2D eigenvalue weighted by atomic mass is 10.2. The topological polar surface area (TPSA) is 57.6 Å². The molecule has 0 atom stereocenters. The van der Waals surface area contributed by atoms with Gasteiger partial charge in [0.05, 0.1) is 6.42 Å². The first-order chi connectivity index (χ1) is 9.38. The first-order valence-electron chi connectivity index (χ1n) is 6.28. The Morgan fingerprint density at radius 2 is 1.85 bits per heavy atom. The van der Waals surface area contributed by atoms with E-state index in [1.54, 1.807) is 12.1 Å². The highest BCUT2D eigenvalue weighted by Crippen LogP contribution is 2.12. The van der Waals surface area contributed by atoms with E-state index in [-0.39, 0.29) is 18.9 Å². The molecule has 1 amide bonds. The van der Waals surface area contributed by atoms with Gasteiger partial charge in [-0.15, -0.1) is 0 Å². The molecule has 0 saturated heterocycles. The average molecular weight is 296 g/mol. The number of halogens is 1. The molecule has 0 aliphatic carbocycles. The minimum Gasteiger partial charge on any atom is -0.481 e. The first kappa shape index (κ1) is 16.2. The number of carboxylic acids is 1. The van der Waals surface area contributed by atoms with E-state index in [0.717, 1.165) is 11.1 Å². The fourth-order valence-corrected chi connectivity index (χ4v) is 1.77. The summed E-state index contributed by atoms with van der Waals surface area (Å²) in [5.74, 6) is -1.10. The third-order valence-corrected chi connectivity index (χ3v) is 2.86. The highest BCUT2D eigenvalue weighted by Gasteiger charge is 2.13. The molecular weight excluding hydrogens is 278 g/mol. The molecule has 0 saturated carbocycles. The van der Waals surface area contributed by atoms with Gasteiger partial charge in [-0.25, -0.2) is 0 Å². The van der Waals surface area contributed by atoms with Crippen LogP contribution in [0.3, 0.4) is 0 Å². The van der Waals surface area contributed by atoms with Gasteiger partial charge >= 0.3 is 5.97 Å². The zero-order valence-corrected chi connectivity index (χ0v) is 12.4. The van der Waals surface area contributed by atoms with Crippen molar-refractivity contribution in [2.45, 2.75) is 26.8 Å². The van der Waals surface area contributed by atoms with Crippen molar-refractivity contribution in [2.24, 2.45) is 0 Å². The molecule has 0 heterocycles. The van der Waals surface area contributed by atoms with Gasteiger partial charge in [-0.05, 0) is 31.5 Å². The van der Waals surface area contributed by atoms with Gasteiger partial charge in [0.1, 0.15) is 0 Å². The van der Waals surface area contributed by atoms with Gasteiger partial charge in [-0.3, -0.25) is 9.59 Å². The number of benzene rings is 1. The second kappa shape index (κ2) is 7.70. The third kappa shape index (κ3) is 5.89. The molecule has 108 valence electrons. The van der Waals surface area contributed by atoms with E-state index in [1.807, 2.05) is 26.0 Å². The fourth-order valence-electron chi connectivity index (χ4n) is 1.65. The summed E-state index contributed by atoms with van der Waals surface area (Å²) in [6, 6.07) is 7.15. The van der Waals surface area contributed by atoms with E-state index in [1.165, 1.54) is 11.0 Å². The van der Waals surface area contributed by atoms with E-state index >= 15 is 0 Å². The number of carbonyl (C=O) groups excluding carboxylic acids is 1. The van der Waals surface area contributed by atoms with Crippen molar-refractivity contribution in [2.75, 3.05) is 6.54 Å². The predicted molar refractivity (Wildman–Crippen MR) is 78.6 cm³/mol. The summed E-state index contributed by atoms with van der Waals surface area (Å²) >= 11 is 5.81. The molecule has 0 fully saturated rings. The number of carboxylic acid groups (broad SMARTS) is 1. The Hall–Kier alpha value is -1.81. The number of nitrogens with zero attached hydrogens (tertiary/aromatic N) is 1. The molecule has 0 bridgehead atoms. The maximum atomic E-state index is 12.1. The summed E-state index contributed by atoms with van der Waals surface area (Å²) in [4.78, 5) is 24.3. The molecule has 4 nitrogen and oxygen atoms in total. The van der Waals surface area contributed by atoms with Crippen molar-refractivity contribution in [3.05, 3.63) is 46.5 Å². The highest BCUT2D eigenvalue weighted by molar-refractivity contribution is 6.30. The van der Waals surface area contributed by atoms with Crippen LogP contribution in [0.2, 0.25) is 5.02 Å².